The minimum atomic E-state index is 0.0300. The van der Waals surface area contributed by atoms with Crippen molar-refractivity contribution in [3.05, 3.63) is 71.4 Å². The molecule has 2 nitrogen and oxygen atoms in total. The number of benzene rings is 2. The van der Waals surface area contributed by atoms with E-state index in [-0.39, 0.29) is 12.2 Å². The highest BCUT2D eigenvalue weighted by Gasteiger charge is 2.30. The summed E-state index contributed by atoms with van der Waals surface area (Å²) in [6.07, 6.45) is 0.250. The summed E-state index contributed by atoms with van der Waals surface area (Å²) in [7, 11) is 0. The molecule has 0 unspecified atom stereocenters. The molecule has 2 heteroatoms. The zero-order valence-electron chi connectivity index (χ0n) is 12.4. The maximum atomic E-state index is 6.29. The molecular weight excluding hydrogens is 258 g/mol. The summed E-state index contributed by atoms with van der Waals surface area (Å²) in [5.41, 5.74) is 5.20. The number of para-hydroxylation sites is 1. The Morgan fingerprint density at radius 1 is 1.00 bits per heavy atom. The summed E-state index contributed by atoms with van der Waals surface area (Å²) in [6, 6.07) is 19.2. The Morgan fingerprint density at radius 2 is 1.71 bits per heavy atom. The van der Waals surface area contributed by atoms with Crippen LogP contribution in [0.4, 0.5) is 0 Å². The summed E-state index contributed by atoms with van der Waals surface area (Å²) in [4.78, 5) is 0. The van der Waals surface area contributed by atoms with Crippen molar-refractivity contribution >= 4 is 10.9 Å². The second-order valence-electron chi connectivity index (χ2n) is 5.88. The van der Waals surface area contributed by atoms with Crippen LogP contribution in [0.2, 0.25) is 0 Å². The molecule has 0 N–H and O–H groups in total. The van der Waals surface area contributed by atoms with Gasteiger partial charge < -0.3 is 9.30 Å². The summed E-state index contributed by atoms with van der Waals surface area (Å²) in [6.45, 7) is 5.29. The Morgan fingerprint density at radius 3 is 2.52 bits per heavy atom. The normalized spacial score (nSPS) is 21.4. The topological polar surface area (TPSA) is 14.2 Å². The minimum absolute atomic E-state index is 0.0300. The molecule has 21 heavy (non-hydrogen) atoms. The van der Waals surface area contributed by atoms with E-state index in [2.05, 4.69) is 73.0 Å². The summed E-state index contributed by atoms with van der Waals surface area (Å²) < 4.78 is 8.73. The lowest BCUT2D eigenvalue weighted by Crippen LogP contribution is -2.29. The van der Waals surface area contributed by atoms with Gasteiger partial charge in [0.05, 0.1) is 11.8 Å². The molecule has 3 aromatic rings. The molecule has 0 radical (unpaired) electrons. The largest absolute Gasteiger partial charge is 0.362 e. The second-order valence-corrected chi connectivity index (χ2v) is 5.88. The molecule has 0 fully saturated rings. The number of aromatic nitrogens is 1. The van der Waals surface area contributed by atoms with Gasteiger partial charge in [-0.1, -0.05) is 48.5 Å². The van der Waals surface area contributed by atoms with Gasteiger partial charge in [-0.15, -0.1) is 0 Å². The first-order chi connectivity index (χ1) is 10.3. The summed E-state index contributed by atoms with van der Waals surface area (Å²) >= 11 is 0. The van der Waals surface area contributed by atoms with Gasteiger partial charge in [0.15, 0.2) is 0 Å². The molecule has 0 aliphatic carbocycles. The fraction of sp³-hybridized carbons (Fsp3) is 0.263. The number of hydrogen-bond acceptors (Lipinski definition) is 1. The van der Waals surface area contributed by atoms with Gasteiger partial charge in [0.25, 0.3) is 0 Å². The molecule has 2 heterocycles. The van der Waals surface area contributed by atoms with E-state index in [1.54, 1.807) is 0 Å². The third kappa shape index (κ3) is 1.90. The SMILES string of the molecule is Cc1c2n(c3ccccc13)C[C@H](C)O[C@H]2c1ccccc1. The van der Waals surface area contributed by atoms with E-state index >= 15 is 0 Å². The molecule has 1 aliphatic rings. The number of aryl methyl sites for hydroxylation is 1. The van der Waals surface area contributed by atoms with Crippen LogP contribution < -0.4 is 0 Å². The smallest absolute Gasteiger partial charge is 0.123 e. The Kier molecular flexibility index (Phi) is 2.86. The van der Waals surface area contributed by atoms with E-state index in [4.69, 9.17) is 4.74 Å². The van der Waals surface area contributed by atoms with Crippen LogP contribution >= 0.6 is 0 Å². The first-order valence-electron chi connectivity index (χ1n) is 7.54. The predicted octanol–water partition coefficient (Wildman–Crippen LogP) is 4.46. The van der Waals surface area contributed by atoms with E-state index < -0.39 is 0 Å². The number of nitrogens with zero attached hydrogens (tertiary/aromatic N) is 1. The number of hydrogen-bond donors (Lipinski definition) is 0. The monoisotopic (exact) mass is 277 g/mol. The van der Waals surface area contributed by atoms with E-state index in [0.717, 1.165) is 6.54 Å². The molecule has 1 aromatic heterocycles. The van der Waals surface area contributed by atoms with Crippen LogP contribution in [-0.2, 0) is 11.3 Å². The fourth-order valence-corrected chi connectivity index (χ4v) is 3.49. The molecular formula is C19H19NO. The number of ether oxygens (including phenoxy) is 1. The summed E-state index contributed by atoms with van der Waals surface area (Å²) in [5, 5.41) is 1.34. The molecule has 0 spiro atoms. The van der Waals surface area contributed by atoms with E-state index in [9.17, 15) is 0 Å². The highest BCUT2D eigenvalue weighted by molar-refractivity contribution is 5.85. The average Bonchev–Trinajstić information content (AvgIpc) is 2.81. The quantitative estimate of drug-likeness (QED) is 0.640. The van der Waals surface area contributed by atoms with E-state index in [1.165, 1.54) is 27.7 Å². The van der Waals surface area contributed by atoms with Gasteiger partial charge in [0, 0.05) is 17.4 Å². The van der Waals surface area contributed by atoms with Crippen molar-refractivity contribution in [2.75, 3.05) is 0 Å². The van der Waals surface area contributed by atoms with Crippen LogP contribution in [0.5, 0.6) is 0 Å². The van der Waals surface area contributed by atoms with Gasteiger partial charge >= 0.3 is 0 Å². The molecule has 106 valence electrons. The lowest BCUT2D eigenvalue weighted by molar-refractivity contribution is -0.0146. The van der Waals surface area contributed by atoms with Gasteiger partial charge in [-0.2, -0.15) is 0 Å². The zero-order chi connectivity index (χ0) is 14.4. The van der Waals surface area contributed by atoms with Crippen LogP contribution in [-0.4, -0.2) is 10.7 Å². The lowest BCUT2D eigenvalue weighted by Gasteiger charge is -2.31. The highest BCUT2D eigenvalue weighted by atomic mass is 16.5. The number of rotatable bonds is 1. The van der Waals surface area contributed by atoms with Gasteiger partial charge in [0.2, 0.25) is 0 Å². The Hall–Kier alpha value is -2.06. The van der Waals surface area contributed by atoms with Crippen molar-refractivity contribution in [3.8, 4) is 0 Å². The van der Waals surface area contributed by atoms with Crippen LogP contribution in [0.15, 0.2) is 54.6 Å². The number of fused-ring (bicyclic) bond motifs is 3. The minimum Gasteiger partial charge on any atom is -0.362 e. The third-order valence-corrected chi connectivity index (χ3v) is 4.43. The van der Waals surface area contributed by atoms with Crippen LogP contribution in [0.25, 0.3) is 10.9 Å². The Labute approximate surface area is 125 Å². The first-order valence-corrected chi connectivity index (χ1v) is 7.54. The van der Waals surface area contributed by atoms with Crippen molar-refractivity contribution in [3.63, 3.8) is 0 Å². The van der Waals surface area contributed by atoms with Crippen molar-refractivity contribution in [2.45, 2.75) is 32.6 Å². The average molecular weight is 277 g/mol. The highest BCUT2D eigenvalue weighted by Crippen LogP contribution is 2.38. The standard InChI is InChI=1S/C19H19NO/c1-13-12-20-17-11-7-6-10-16(17)14(2)18(20)19(21-13)15-8-4-3-5-9-15/h3-11,13,19H,12H2,1-2H3/t13-,19-/m0/s1. The van der Waals surface area contributed by atoms with Crippen molar-refractivity contribution in [2.24, 2.45) is 0 Å². The molecule has 2 aromatic carbocycles. The zero-order valence-corrected chi connectivity index (χ0v) is 12.4. The van der Waals surface area contributed by atoms with Crippen molar-refractivity contribution < 1.29 is 4.74 Å². The first kappa shape index (κ1) is 12.7. The second kappa shape index (κ2) is 4.74. The molecule has 0 bridgehead atoms. The Balaban J connectivity index is 1.99. The summed E-state index contributed by atoms with van der Waals surface area (Å²) in [5.74, 6) is 0. The molecule has 0 saturated carbocycles. The predicted molar refractivity (Wildman–Crippen MR) is 85.5 cm³/mol. The van der Waals surface area contributed by atoms with Crippen LogP contribution in [0, 0.1) is 6.92 Å². The molecule has 4 rings (SSSR count). The van der Waals surface area contributed by atoms with Gasteiger partial charge in [-0.05, 0) is 31.0 Å². The molecule has 1 aliphatic heterocycles. The maximum Gasteiger partial charge on any atom is 0.123 e. The Bertz CT molecular complexity index is 788. The van der Waals surface area contributed by atoms with Gasteiger partial charge in [-0.25, -0.2) is 0 Å². The van der Waals surface area contributed by atoms with Gasteiger partial charge in [0.1, 0.15) is 6.10 Å². The lowest BCUT2D eigenvalue weighted by atomic mass is 10.0. The fourth-order valence-electron chi connectivity index (χ4n) is 3.49. The molecule has 0 amide bonds. The van der Waals surface area contributed by atoms with E-state index in [1.807, 2.05) is 0 Å². The molecule has 0 saturated heterocycles. The van der Waals surface area contributed by atoms with Crippen LogP contribution in [0.1, 0.15) is 29.8 Å². The van der Waals surface area contributed by atoms with Crippen molar-refractivity contribution in [1.29, 1.82) is 0 Å². The van der Waals surface area contributed by atoms with Crippen molar-refractivity contribution in [1.82, 2.24) is 4.57 Å². The van der Waals surface area contributed by atoms with E-state index in [0.29, 0.717) is 0 Å². The van der Waals surface area contributed by atoms with Gasteiger partial charge in [-0.3, -0.25) is 0 Å². The molecule has 2 atom stereocenters. The maximum absolute atomic E-state index is 6.29. The van der Waals surface area contributed by atoms with Crippen LogP contribution in [0.3, 0.4) is 0 Å². The third-order valence-electron chi connectivity index (χ3n) is 4.43.